The van der Waals surface area contributed by atoms with Crippen LogP contribution in [0.2, 0.25) is 0 Å². The van der Waals surface area contributed by atoms with E-state index in [4.69, 9.17) is 5.73 Å². The summed E-state index contributed by atoms with van der Waals surface area (Å²) in [7, 11) is 0. The average Bonchev–Trinajstić information content (AvgIpc) is 2.78. The van der Waals surface area contributed by atoms with Gasteiger partial charge in [0.25, 0.3) is 0 Å². The highest BCUT2D eigenvalue weighted by Crippen LogP contribution is 2.32. The van der Waals surface area contributed by atoms with Crippen LogP contribution in [0.3, 0.4) is 0 Å². The second kappa shape index (κ2) is 2.86. The first kappa shape index (κ1) is 7.73. The molecule has 0 amide bonds. The molecule has 0 saturated heterocycles. The predicted molar refractivity (Wildman–Crippen MR) is 45.5 cm³/mol. The number of aromatic amines is 1. The lowest BCUT2D eigenvalue weighted by Crippen LogP contribution is -2.25. The first-order valence-corrected chi connectivity index (χ1v) is 4.39. The molecule has 1 aliphatic carbocycles. The van der Waals surface area contributed by atoms with Crippen molar-refractivity contribution in [3.63, 3.8) is 0 Å². The lowest BCUT2D eigenvalue weighted by atomic mass is 10.1. The number of aryl methyl sites for hydroxylation is 1. The molecular formula is C8H14N4. The second-order valence-electron chi connectivity index (χ2n) is 3.54. The molecule has 0 aliphatic heterocycles. The molecule has 1 aromatic rings. The fourth-order valence-electron chi connectivity index (χ4n) is 1.38. The monoisotopic (exact) mass is 166 g/mol. The quantitative estimate of drug-likeness (QED) is 0.682. The minimum atomic E-state index is 0.264. The Morgan fingerprint density at radius 1 is 1.67 bits per heavy atom. The van der Waals surface area contributed by atoms with E-state index >= 15 is 0 Å². The predicted octanol–water partition coefficient (Wildman–Crippen LogP) is 0.393. The molecule has 1 atom stereocenters. The van der Waals surface area contributed by atoms with Gasteiger partial charge in [-0.15, -0.1) is 0 Å². The highest BCUT2D eigenvalue weighted by Gasteiger charge is 2.29. The maximum Gasteiger partial charge on any atom is 0.152 e. The van der Waals surface area contributed by atoms with Crippen molar-refractivity contribution in [1.29, 1.82) is 0 Å². The maximum atomic E-state index is 5.93. The van der Waals surface area contributed by atoms with Crippen LogP contribution >= 0.6 is 0 Å². The van der Waals surface area contributed by atoms with Gasteiger partial charge >= 0.3 is 0 Å². The van der Waals surface area contributed by atoms with Crippen LogP contribution in [0.5, 0.6) is 0 Å². The third kappa shape index (κ3) is 1.64. The fraction of sp³-hybridized carbons (Fsp3) is 0.750. The van der Waals surface area contributed by atoms with Gasteiger partial charge in [0, 0.05) is 12.5 Å². The third-order valence-electron chi connectivity index (χ3n) is 2.29. The van der Waals surface area contributed by atoms with Crippen molar-refractivity contribution in [3.8, 4) is 0 Å². The number of nitrogens with one attached hydrogen (secondary N) is 1. The van der Waals surface area contributed by atoms with Crippen molar-refractivity contribution < 1.29 is 0 Å². The lowest BCUT2D eigenvalue weighted by molar-refractivity contribution is 0.576. The molecule has 0 radical (unpaired) electrons. The summed E-state index contributed by atoms with van der Waals surface area (Å²) in [5.74, 6) is 2.45. The summed E-state index contributed by atoms with van der Waals surface area (Å²) in [4.78, 5) is 4.21. The standard InChI is InChI=1S/C8H14N4/c1-5-10-8(12-11-5)4-7(9)6-2-3-6/h6-7H,2-4,9H2,1H3,(H,10,11,12). The number of H-pyrrole nitrogens is 1. The molecule has 0 bridgehead atoms. The van der Waals surface area contributed by atoms with E-state index in [9.17, 15) is 0 Å². The minimum absolute atomic E-state index is 0.264. The van der Waals surface area contributed by atoms with Crippen LogP contribution in [0.15, 0.2) is 0 Å². The molecule has 1 unspecified atom stereocenters. The third-order valence-corrected chi connectivity index (χ3v) is 2.29. The van der Waals surface area contributed by atoms with Gasteiger partial charge in [-0.1, -0.05) is 0 Å². The topological polar surface area (TPSA) is 67.6 Å². The van der Waals surface area contributed by atoms with Crippen molar-refractivity contribution in [1.82, 2.24) is 15.2 Å². The molecule has 1 heterocycles. The van der Waals surface area contributed by atoms with Gasteiger partial charge in [0.1, 0.15) is 5.82 Å². The molecule has 2 rings (SSSR count). The number of nitrogens with zero attached hydrogens (tertiary/aromatic N) is 2. The summed E-state index contributed by atoms with van der Waals surface area (Å²) in [6.07, 6.45) is 3.38. The van der Waals surface area contributed by atoms with Crippen molar-refractivity contribution in [2.75, 3.05) is 0 Å². The summed E-state index contributed by atoms with van der Waals surface area (Å²) in [6.45, 7) is 1.90. The number of hydrogen-bond donors (Lipinski definition) is 2. The minimum Gasteiger partial charge on any atom is -0.327 e. The van der Waals surface area contributed by atoms with E-state index in [0.717, 1.165) is 24.0 Å². The van der Waals surface area contributed by atoms with Crippen LogP contribution in [0.4, 0.5) is 0 Å². The molecule has 1 aliphatic rings. The first-order valence-electron chi connectivity index (χ1n) is 4.39. The van der Waals surface area contributed by atoms with Crippen LogP contribution in [0.1, 0.15) is 24.5 Å². The summed E-state index contributed by atoms with van der Waals surface area (Å²) in [5, 5.41) is 6.87. The summed E-state index contributed by atoms with van der Waals surface area (Å²) in [5.41, 5.74) is 5.93. The first-order chi connectivity index (χ1) is 5.75. The largest absolute Gasteiger partial charge is 0.327 e. The second-order valence-corrected chi connectivity index (χ2v) is 3.54. The van der Waals surface area contributed by atoms with Crippen molar-refractivity contribution >= 4 is 0 Å². The molecule has 3 N–H and O–H groups in total. The highest BCUT2D eigenvalue weighted by atomic mass is 15.2. The summed E-state index contributed by atoms with van der Waals surface area (Å²) >= 11 is 0. The molecule has 0 spiro atoms. The van der Waals surface area contributed by atoms with Crippen LogP contribution < -0.4 is 5.73 Å². The van der Waals surface area contributed by atoms with Crippen LogP contribution in [-0.2, 0) is 6.42 Å². The molecule has 1 aromatic heterocycles. The van der Waals surface area contributed by atoms with Gasteiger partial charge in [-0.05, 0) is 25.7 Å². The van der Waals surface area contributed by atoms with Gasteiger partial charge in [-0.25, -0.2) is 4.98 Å². The van der Waals surface area contributed by atoms with Crippen molar-refractivity contribution in [2.24, 2.45) is 11.7 Å². The van der Waals surface area contributed by atoms with E-state index < -0.39 is 0 Å². The Balaban J connectivity index is 1.93. The normalized spacial score (nSPS) is 19.5. The van der Waals surface area contributed by atoms with Gasteiger partial charge in [-0.2, -0.15) is 5.10 Å². The zero-order chi connectivity index (χ0) is 8.55. The molecule has 0 aromatic carbocycles. The van der Waals surface area contributed by atoms with E-state index in [-0.39, 0.29) is 6.04 Å². The number of nitrogens with two attached hydrogens (primary N) is 1. The Bertz CT molecular complexity index is 264. The molecular weight excluding hydrogens is 152 g/mol. The molecule has 12 heavy (non-hydrogen) atoms. The Morgan fingerprint density at radius 3 is 2.92 bits per heavy atom. The molecule has 1 saturated carbocycles. The molecule has 1 fully saturated rings. The van der Waals surface area contributed by atoms with Gasteiger partial charge in [0.05, 0.1) is 0 Å². The number of aromatic nitrogens is 3. The van der Waals surface area contributed by atoms with Gasteiger partial charge in [-0.3, -0.25) is 5.10 Å². The zero-order valence-electron chi connectivity index (χ0n) is 7.25. The smallest absolute Gasteiger partial charge is 0.152 e. The van der Waals surface area contributed by atoms with Crippen LogP contribution in [-0.4, -0.2) is 21.2 Å². The Morgan fingerprint density at radius 2 is 2.42 bits per heavy atom. The van der Waals surface area contributed by atoms with Crippen molar-refractivity contribution in [2.45, 2.75) is 32.2 Å². The molecule has 4 heteroatoms. The SMILES string of the molecule is Cc1nc(CC(N)C2CC2)n[nH]1. The molecule has 4 nitrogen and oxygen atoms in total. The summed E-state index contributed by atoms with van der Waals surface area (Å²) < 4.78 is 0. The fourth-order valence-corrected chi connectivity index (χ4v) is 1.38. The Kier molecular flexibility index (Phi) is 1.84. The van der Waals surface area contributed by atoms with Gasteiger partial charge in [0.2, 0.25) is 0 Å². The van der Waals surface area contributed by atoms with E-state index in [2.05, 4.69) is 15.2 Å². The Hall–Kier alpha value is -0.900. The van der Waals surface area contributed by atoms with E-state index in [1.807, 2.05) is 6.92 Å². The van der Waals surface area contributed by atoms with Gasteiger partial charge < -0.3 is 5.73 Å². The maximum absolute atomic E-state index is 5.93. The highest BCUT2D eigenvalue weighted by molar-refractivity contribution is 4.95. The zero-order valence-corrected chi connectivity index (χ0v) is 7.25. The van der Waals surface area contributed by atoms with E-state index in [1.54, 1.807) is 0 Å². The van der Waals surface area contributed by atoms with Gasteiger partial charge in [0.15, 0.2) is 5.82 Å². The van der Waals surface area contributed by atoms with Crippen LogP contribution in [0, 0.1) is 12.8 Å². The van der Waals surface area contributed by atoms with Crippen molar-refractivity contribution in [3.05, 3.63) is 11.6 Å². The average molecular weight is 166 g/mol. The van der Waals surface area contributed by atoms with E-state index in [0.29, 0.717) is 0 Å². The van der Waals surface area contributed by atoms with E-state index in [1.165, 1.54) is 12.8 Å². The Labute approximate surface area is 71.6 Å². The molecule has 66 valence electrons. The van der Waals surface area contributed by atoms with Crippen LogP contribution in [0.25, 0.3) is 0 Å². The number of rotatable bonds is 3. The lowest BCUT2D eigenvalue weighted by Gasteiger charge is -2.05. The summed E-state index contributed by atoms with van der Waals surface area (Å²) in [6, 6.07) is 0.264. The number of hydrogen-bond acceptors (Lipinski definition) is 3.